The minimum absolute atomic E-state index is 0.0231. The second-order valence-electron chi connectivity index (χ2n) is 2.34. The molecule has 0 rings (SSSR count). The minimum atomic E-state index is -0.0231. The Balaban J connectivity index is 0. The lowest BCUT2D eigenvalue weighted by atomic mass is 10.2. The molecular formula is C7H21N3O2. The fourth-order valence-corrected chi connectivity index (χ4v) is 0.395. The van der Waals surface area contributed by atoms with Gasteiger partial charge in [-0.25, -0.2) is 0 Å². The lowest BCUT2D eigenvalue weighted by Crippen LogP contribution is -2.30. The molecule has 0 spiro atoms. The molecule has 0 aromatic rings. The summed E-state index contributed by atoms with van der Waals surface area (Å²) in [5.41, 5.74) is 10.4. The van der Waals surface area contributed by atoms with Gasteiger partial charge >= 0.3 is 0 Å². The van der Waals surface area contributed by atoms with Crippen molar-refractivity contribution in [3.05, 3.63) is 0 Å². The van der Waals surface area contributed by atoms with Gasteiger partial charge in [0.25, 0.3) is 0 Å². The maximum absolute atomic E-state index is 8.23. The summed E-state index contributed by atoms with van der Waals surface area (Å²) >= 11 is 0. The van der Waals surface area contributed by atoms with Gasteiger partial charge < -0.3 is 27.0 Å². The zero-order chi connectivity index (χ0) is 9.82. The van der Waals surface area contributed by atoms with Crippen LogP contribution < -0.4 is 16.8 Å². The summed E-state index contributed by atoms with van der Waals surface area (Å²) in [6, 6.07) is -0.0231. The second-order valence-corrected chi connectivity index (χ2v) is 2.34. The largest absolute Gasteiger partial charge is 0.396 e. The number of nitrogens with two attached hydrogens (primary N) is 2. The molecule has 12 heavy (non-hydrogen) atoms. The zero-order valence-electron chi connectivity index (χ0n) is 7.66. The topological polar surface area (TPSA) is 105 Å². The highest BCUT2D eigenvalue weighted by molar-refractivity contribution is 4.58. The van der Waals surface area contributed by atoms with E-state index >= 15 is 0 Å². The first kappa shape index (κ1) is 14.3. The second kappa shape index (κ2) is 13.4. The molecule has 0 aliphatic heterocycles. The molecule has 76 valence electrons. The van der Waals surface area contributed by atoms with Crippen molar-refractivity contribution in [1.82, 2.24) is 5.32 Å². The van der Waals surface area contributed by atoms with Gasteiger partial charge in [0.1, 0.15) is 0 Å². The van der Waals surface area contributed by atoms with E-state index in [2.05, 4.69) is 5.32 Å². The smallest absolute Gasteiger partial charge is 0.0555 e. The van der Waals surface area contributed by atoms with Crippen LogP contribution in [0.25, 0.3) is 0 Å². The summed E-state index contributed by atoms with van der Waals surface area (Å²) in [5, 5.41) is 19.0. The predicted molar refractivity (Wildman–Crippen MR) is 49.7 cm³/mol. The number of hydrogen-bond acceptors (Lipinski definition) is 5. The summed E-state index contributed by atoms with van der Waals surface area (Å²) in [6.45, 7) is 1.52. The molecule has 0 aromatic heterocycles. The van der Waals surface area contributed by atoms with Gasteiger partial charge in [-0.05, 0) is 13.5 Å². The Morgan fingerprint density at radius 2 is 1.92 bits per heavy atom. The van der Waals surface area contributed by atoms with Crippen LogP contribution in [0, 0.1) is 0 Å². The quantitative estimate of drug-likeness (QED) is 0.331. The fraction of sp³-hybridized carbons (Fsp3) is 1.00. The van der Waals surface area contributed by atoms with Crippen LogP contribution in [0.5, 0.6) is 0 Å². The van der Waals surface area contributed by atoms with Crippen LogP contribution in [0.15, 0.2) is 0 Å². The summed E-state index contributed by atoms with van der Waals surface area (Å²) in [6.07, 6.45) is 0.608. The number of nitrogens with one attached hydrogen (secondary N) is 1. The van der Waals surface area contributed by atoms with Crippen molar-refractivity contribution in [3.63, 3.8) is 0 Å². The van der Waals surface area contributed by atoms with Gasteiger partial charge in [-0.1, -0.05) is 0 Å². The van der Waals surface area contributed by atoms with Gasteiger partial charge in [-0.15, -0.1) is 0 Å². The van der Waals surface area contributed by atoms with Crippen molar-refractivity contribution >= 4 is 0 Å². The molecule has 1 unspecified atom stereocenters. The predicted octanol–water partition coefficient (Wildman–Crippen LogP) is -2.15. The van der Waals surface area contributed by atoms with Crippen molar-refractivity contribution in [1.29, 1.82) is 0 Å². The summed E-state index contributed by atoms with van der Waals surface area (Å²) in [4.78, 5) is 0. The van der Waals surface area contributed by atoms with E-state index in [1.807, 2.05) is 0 Å². The highest BCUT2D eigenvalue weighted by Crippen LogP contribution is 1.79. The summed E-state index contributed by atoms with van der Waals surface area (Å²) in [5.74, 6) is 0. The Kier molecular flexibility index (Phi) is 16.0. The van der Waals surface area contributed by atoms with E-state index in [0.717, 1.165) is 0 Å². The number of rotatable bonds is 5. The lowest BCUT2D eigenvalue weighted by Gasteiger charge is -2.02. The molecular weight excluding hydrogens is 158 g/mol. The molecule has 7 N–H and O–H groups in total. The first-order valence-electron chi connectivity index (χ1n) is 4.04. The maximum Gasteiger partial charge on any atom is 0.0555 e. The third kappa shape index (κ3) is 16.4. The van der Waals surface area contributed by atoms with Crippen LogP contribution in [0.4, 0.5) is 0 Å². The average molecular weight is 179 g/mol. The van der Waals surface area contributed by atoms with Crippen molar-refractivity contribution in [3.8, 4) is 0 Å². The molecule has 0 bridgehead atoms. The van der Waals surface area contributed by atoms with E-state index in [1.165, 1.54) is 0 Å². The maximum atomic E-state index is 8.23. The van der Waals surface area contributed by atoms with Crippen molar-refractivity contribution in [2.75, 3.05) is 33.4 Å². The Morgan fingerprint density at radius 1 is 1.33 bits per heavy atom. The molecule has 5 heteroatoms. The van der Waals surface area contributed by atoms with Crippen molar-refractivity contribution in [2.45, 2.75) is 12.5 Å². The van der Waals surface area contributed by atoms with Crippen LogP contribution in [-0.2, 0) is 0 Å². The molecule has 0 aliphatic carbocycles. The van der Waals surface area contributed by atoms with E-state index in [1.54, 1.807) is 7.05 Å². The third-order valence-electron chi connectivity index (χ3n) is 1.16. The van der Waals surface area contributed by atoms with Crippen molar-refractivity contribution in [2.24, 2.45) is 11.5 Å². The molecule has 0 heterocycles. The molecule has 0 saturated carbocycles. The van der Waals surface area contributed by atoms with E-state index in [0.29, 0.717) is 19.5 Å². The van der Waals surface area contributed by atoms with E-state index < -0.39 is 0 Å². The Bertz CT molecular complexity index is 71.7. The molecule has 0 aliphatic rings. The fourth-order valence-electron chi connectivity index (χ4n) is 0.395. The van der Waals surface area contributed by atoms with Crippen LogP contribution in [-0.4, -0.2) is 49.6 Å². The first-order valence-corrected chi connectivity index (χ1v) is 4.04. The van der Waals surface area contributed by atoms with Gasteiger partial charge in [0.05, 0.1) is 6.61 Å². The number of likely N-dealkylation sites (N-methyl/N-ethyl adjacent to an activating group) is 1. The Morgan fingerprint density at radius 3 is 2.00 bits per heavy atom. The molecule has 0 aromatic carbocycles. The van der Waals surface area contributed by atoms with Crippen LogP contribution in [0.1, 0.15) is 6.42 Å². The highest BCUT2D eigenvalue weighted by atomic mass is 16.3. The Labute approximate surface area is 73.8 Å². The van der Waals surface area contributed by atoms with Crippen molar-refractivity contribution < 1.29 is 10.2 Å². The number of hydrogen-bond donors (Lipinski definition) is 5. The number of aliphatic hydroxyl groups excluding tert-OH is 2. The summed E-state index contributed by atoms with van der Waals surface area (Å²) < 4.78 is 0. The molecule has 0 amide bonds. The van der Waals surface area contributed by atoms with E-state index in [-0.39, 0.29) is 19.3 Å². The first-order chi connectivity index (χ1) is 5.72. The molecule has 0 saturated heterocycles. The molecule has 0 radical (unpaired) electrons. The average Bonchev–Trinajstić information content (AvgIpc) is 2.07. The standard InChI is InChI=1S/C4H12N2O.C3H9NO/c5-3-4(6)1-2-7;1-4-2-3-5/h4,7H,1-3,5-6H2;4-5H,2-3H2,1H3. The highest BCUT2D eigenvalue weighted by Gasteiger charge is 1.93. The normalized spacial score (nSPS) is 11.8. The summed E-state index contributed by atoms with van der Waals surface area (Å²) in [7, 11) is 1.80. The number of aliphatic hydroxyl groups is 2. The third-order valence-corrected chi connectivity index (χ3v) is 1.16. The van der Waals surface area contributed by atoms with Crippen LogP contribution >= 0.6 is 0 Å². The lowest BCUT2D eigenvalue weighted by molar-refractivity contribution is 0.277. The minimum Gasteiger partial charge on any atom is -0.396 e. The van der Waals surface area contributed by atoms with E-state index in [9.17, 15) is 0 Å². The van der Waals surface area contributed by atoms with Crippen LogP contribution in [0.2, 0.25) is 0 Å². The van der Waals surface area contributed by atoms with Gasteiger partial charge in [-0.3, -0.25) is 0 Å². The van der Waals surface area contributed by atoms with Gasteiger partial charge in [0.2, 0.25) is 0 Å². The molecule has 1 atom stereocenters. The van der Waals surface area contributed by atoms with Crippen LogP contribution in [0.3, 0.4) is 0 Å². The van der Waals surface area contributed by atoms with E-state index in [4.69, 9.17) is 21.7 Å². The van der Waals surface area contributed by atoms with Gasteiger partial charge in [0, 0.05) is 25.7 Å². The molecule has 0 fully saturated rings. The monoisotopic (exact) mass is 179 g/mol. The zero-order valence-corrected chi connectivity index (χ0v) is 7.66. The SMILES string of the molecule is CNCCO.NCC(N)CCO. The molecule has 5 nitrogen and oxygen atoms in total. The van der Waals surface area contributed by atoms with Gasteiger partial charge in [-0.2, -0.15) is 0 Å². The Hall–Kier alpha value is -0.200. The van der Waals surface area contributed by atoms with Gasteiger partial charge in [0.15, 0.2) is 0 Å².